The average Bonchev–Trinajstić information content (AvgIpc) is 2.91. The monoisotopic (exact) mass is 532 g/mol. The summed E-state index contributed by atoms with van der Waals surface area (Å²) in [6.07, 6.45) is 9.11. The number of hydrogen-bond acceptors (Lipinski definition) is 8. The van der Waals surface area contributed by atoms with Crippen LogP contribution in [0, 0.1) is 16.7 Å². The number of hydrogen-bond donors (Lipinski definition) is 3. The molecule has 1 aliphatic heterocycles. The Labute approximate surface area is 223 Å². The van der Waals surface area contributed by atoms with Crippen LogP contribution in [0.4, 0.5) is 11.5 Å². The molecule has 1 saturated heterocycles. The van der Waals surface area contributed by atoms with E-state index in [4.69, 9.17) is 32.7 Å². The summed E-state index contributed by atoms with van der Waals surface area (Å²) in [5, 5.41) is 21.1. The Morgan fingerprint density at radius 3 is 2.56 bits per heavy atom. The third-order valence-electron chi connectivity index (χ3n) is 7.12. The fraction of sp³-hybridized carbons (Fsp3) is 0.577. The van der Waals surface area contributed by atoms with Gasteiger partial charge in [0.2, 0.25) is 0 Å². The first kappa shape index (κ1) is 26.9. The minimum Gasteiger partial charge on any atom is -0.383 e. The molecular weight excluding hydrogens is 499 g/mol. The molecule has 0 radical (unpaired) electrons. The lowest BCUT2D eigenvalue weighted by Crippen LogP contribution is -2.38. The van der Waals surface area contributed by atoms with Crippen molar-refractivity contribution in [2.75, 3.05) is 50.7 Å². The summed E-state index contributed by atoms with van der Waals surface area (Å²) in [5.74, 6) is 0.769. The number of pyridine rings is 2. The van der Waals surface area contributed by atoms with Gasteiger partial charge in [-0.15, -0.1) is 0 Å². The third-order valence-corrected chi connectivity index (χ3v) is 7.72. The van der Waals surface area contributed by atoms with Crippen LogP contribution in [0.25, 0.3) is 11.1 Å². The summed E-state index contributed by atoms with van der Waals surface area (Å²) in [7, 11) is 1.73. The summed E-state index contributed by atoms with van der Waals surface area (Å²) in [6, 6.07) is 7.24. The van der Waals surface area contributed by atoms with Crippen molar-refractivity contribution in [3.63, 3.8) is 0 Å². The van der Waals surface area contributed by atoms with Gasteiger partial charge in [0.05, 0.1) is 35.0 Å². The third kappa shape index (κ3) is 6.99. The van der Waals surface area contributed by atoms with E-state index in [2.05, 4.69) is 32.0 Å². The zero-order chi connectivity index (χ0) is 25.4. The molecule has 2 aliphatic rings. The molecule has 0 spiro atoms. The molecule has 3 heterocycles. The van der Waals surface area contributed by atoms with Crippen molar-refractivity contribution in [2.45, 2.75) is 50.6 Å². The SMILES string of the molecule is COCCN[C@H]1CC[C@H](Nc2cc(-c3cc(NCC4(C#N)CCOCC4)cnc3Cl)c(Cl)cn2)CC1. The lowest BCUT2D eigenvalue weighted by Gasteiger charge is -2.31. The number of rotatable bonds is 10. The van der Waals surface area contributed by atoms with Gasteiger partial charge in [0.25, 0.3) is 0 Å². The highest BCUT2D eigenvalue weighted by Crippen LogP contribution is 2.36. The molecule has 2 aromatic heterocycles. The molecule has 10 heteroatoms. The predicted octanol–water partition coefficient (Wildman–Crippen LogP) is 5.14. The summed E-state index contributed by atoms with van der Waals surface area (Å²) in [4.78, 5) is 8.88. The van der Waals surface area contributed by atoms with E-state index < -0.39 is 5.41 Å². The standard InChI is InChI=1S/C26H34Cl2N6O2/c1-35-11-8-30-18-2-4-19(5-3-18)34-24-13-21(23(27)15-31-24)22-12-20(14-32-25(22)28)33-17-26(16-29)6-9-36-10-7-26/h12-15,18-19,30,33H,2-11,17H2,1H3,(H,31,34)/t18-,19-. The van der Waals surface area contributed by atoms with E-state index in [1.807, 2.05) is 12.1 Å². The van der Waals surface area contributed by atoms with Crippen molar-refractivity contribution < 1.29 is 9.47 Å². The molecule has 36 heavy (non-hydrogen) atoms. The van der Waals surface area contributed by atoms with Crippen molar-refractivity contribution in [1.29, 1.82) is 5.26 Å². The second kappa shape index (κ2) is 12.9. The fourth-order valence-electron chi connectivity index (χ4n) is 4.84. The number of nitrogens with one attached hydrogen (secondary N) is 3. The van der Waals surface area contributed by atoms with Crippen LogP contribution in [0.1, 0.15) is 38.5 Å². The first-order valence-electron chi connectivity index (χ1n) is 12.5. The summed E-state index contributed by atoms with van der Waals surface area (Å²) < 4.78 is 10.6. The molecular formula is C26H34Cl2N6O2. The molecule has 1 aliphatic carbocycles. The van der Waals surface area contributed by atoms with Crippen LogP contribution in [-0.4, -0.2) is 62.1 Å². The van der Waals surface area contributed by atoms with Crippen LogP contribution in [-0.2, 0) is 9.47 Å². The quantitative estimate of drug-likeness (QED) is 0.285. The van der Waals surface area contributed by atoms with Gasteiger partial charge in [-0.2, -0.15) is 5.26 Å². The van der Waals surface area contributed by atoms with E-state index >= 15 is 0 Å². The molecule has 2 aromatic rings. The largest absolute Gasteiger partial charge is 0.383 e. The van der Waals surface area contributed by atoms with Gasteiger partial charge in [-0.1, -0.05) is 23.2 Å². The van der Waals surface area contributed by atoms with Gasteiger partial charge in [-0.25, -0.2) is 9.97 Å². The minimum atomic E-state index is -0.443. The van der Waals surface area contributed by atoms with Crippen LogP contribution in [0.3, 0.4) is 0 Å². The molecule has 0 unspecified atom stereocenters. The molecule has 8 nitrogen and oxygen atoms in total. The van der Waals surface area contributed by atoms with Crippen LogP contribution >= 0.6 is 23.2 Å². The second-order valence-electron chi connectivity index (χ2n) is 9.61. The van der Waals surface area contributed by atoms with E-state index in [0.717, 1.165) is 61.5 Å². The Morgan fingerprint density at radius 1 is 1.08 bits per heavy atom. The highest BCUT2D eigenvalue weighted by atomic mass is 35.5. The van der Waals surface area contributed by atoms with E-state index in [1.165, 1.54) is 0 Å². The fourth-order valence-corrected chi connectivity index (χ4v) is 5.25. The van der Waals surface area contributed by atoms with Crippen molar-refractivity contribution in [2.24, 2.45) is 5.41 Å². The Bertz CT molecular complexity index is 1050. The van der Waals surface area contributed by atoms with E-state index in [1.54, 1.807) is 19.5 Å². The highest BCUT2D eigenvalue weighted by Gasteiger charge is 2.32. The Balaban J connectivity index is 1.42. The van der Waals surface area contributed by atoms with Crippen LogP contribution in [0.2, 0.25) is 10.2 Å². The van der Waals surface area contributed by atoms with E-state index in [9.17, 15) is 5.26 Å². The normalized spacial score (nSPS) is 21.5. The molecule has 1 saturated carbocycles. The maximum Gasteiger partial charge on any atom is 0.137 e. The van der Waals surface area contributed by atoms with Crippen LogP contribution in [0.5, 0.6) is 0 Å². The zero-order valence-corrected chi connectivity index (χ0v) is 22.2. The average molecular weight is 534 g/mol. The molecule has 0 amide bonds. The second-order valence-corrected chi connectivity index (χ2v) is 10.4. The molecule has 0 aromatic carbocycles. The minimum absolute atomic E-state index is 0.357. The summed E-state index contributed by atoms with van der Waals surface area (Å²) in [6.45, 7) is 3.35. The molecule has 0 bridgehead atoms. The van der Waals surface area contributed by atoms with E-state index in [-0.39, 0.29) is 0 Å². The van der Waals surface area contributed by atoms with Gasteiger partial charge in [0, 0.05) is 62.8 Å². The first-order chi connectivity index (χ1) is 17.5. The van der Waals surface area contributed by atoms with E-state index in [0.29, 0.717) is 54.9 Å². The van der Waals surface area contributed by atoms with Crippen molar-refractivity contribution in [1.82, 2.24) is 15.3 Å². The Morgan fingerprint density at radius 2 is 1.83 bits per heavy atom. The predicted molar refractivity (Wildman–Crippen MR) is 144 cm³/mol. The lowest BCUT2D eigenvalue weighted by molar-refractivity contribution is 0.0456. The van der Waals surface area contributed by atoms with Crippen molar-refractivity contribution in [3.8, 4) is 17.2 Å². The molecule has 0 atom stereocenters. The van der Waals surface area contributed by atoms with Crippen LogP contribution in [0.15, 0.2) is 24.5 Å². The topological polar surface area (TPSA) is 104 Å². The number of nitrogens with zero attached hydrogens (tertiary/aromatic N) is 3. The smallest absolute Gasteiger partial charge is 0.137 e. The van der Waals surface area contributed by atoms with Gasteiger partial charge in [0.15, 0.2) is 0 Å². The Hall–Kier alpha value is -2.15. The zero-order valence-electron chi connectivity index (χ0n) is 20.7. The summed E-state index contributed by atoms with van der Waals surface area (Å²) >= 11 is 13.0. The van der Waals surface area contributed by atoms with Gasteiger partial charge in [0.1, 0.15) is 11.0 Å². The highest BCUT2D eigenvalue weighted by molar-refractivity contribution is 6.36. The Kier molecular flexibility index (Phi) is 9.63. The molecule has 2 fully saturated rings. The number of methoxy groups -OCH3 is 1. The molecule has 3 N–H and O–H groups in total. The number of aromatic nitrogens is 2. The van der Waals surface area contributed by atoms with Crippen LogP contribution < -0.4 is 16.0 Å². The number of anilines is 2. The van der Waals surface area contributed by atoms with Gasteiger partial charge in [-0.05, 0) is 50.7 Å². The number of halogens is 2. The first-order valence-corrected chi connectivity index (χ1v) is 13.3. The number of ether oxygens (including phenoxy) is 2. The maximum absolute atomic E-state index is 9.74. The van der Waals surface area contributed by atoms with Gasteiger partial charge in [-0.3, -0.25) is 0 Å². The lowest BCUT2D eigenvalue weighted by atomic mass is 9.81. The van der Waals surface area contributed by atoms with Gasteiger partial charge >= 0.3 is 0 Å². The molecule has 4 rings (SSSR count). The number of nitriles is 1. The molecule has 194 valence electrons. The van der Waals surface area contributed by atoms with Crippen molar-refractivity contribution >= 4 is 34.7 Å². The van der Waals surface area contributed by atoms with Gasteiger partial charge < -0.3 is 25.4 Å². The maximum atomic E-state index is 9.74. The van der Waals surface area contributed by atoms with Crippen molar-refractivity contribution in [3.05, 3.63) is 34.7 Å². The summed E-state index contributed by atoms with van der Waals surface area (Å²) in [5.41, 5.74) is 1.84.